The van der Waals surface area contributed by atoms with E-state index in [9.17, 15) is 5.11 Å². The molecule has 0 saturated heterocycles. The molecule has 0 aromatic rings. The van der Waals surface area contributed by atoms with Gasteiger partial charge in [-0.2, -0.15) is 0 Å². The van der Waals surface area contributed by atoms with Gasteiger partial charge < -0.3 is 10.8 Å². The SMILES string of the molecule is CC(C)(N)CCCC(C)(C)O. The van der Waals surface area contributed by atoms with Gasteiger partial charge in [-0.1, -0.05) is 0 Å². The zero-order valence-electron chi connectivity index (χ0n) is 8.15. The average Bonchev–Trinajstić information content (AvgIpc) is 1.55. The Labute approximate surface area is 69.8 Å². The molecule has 0 bridgehead atoms. The molecule has 0 fully saturated rings. The highest BCUT2D eigenvalue weighted by molar-refractivity contribution is 4.74. The van der Waals surface area contributed by atoms with Crippen LogP contribution in [-0.2, 0) is 0 Å². The number of hydrogen-bond donors (Lipinski definition) is 2. The predicted octanol–water partition coefficient (Wildman–Crippen LogP) is 1.66. The van der Waals surface area contributed by atoms with Crippen molar-refractivity contribution in [3.63, 3.8) is 0 Å². The Bertz CT molecular complexity index is 93.7. The fourth-order valence-corrected chi connectivity index (χ4v) is 0.977. The van der Waals surface area contributed by atoms with Crippen LogP contribution < -0.4 is 5.73 Å². The fourth-order valence-electron chi connectivity index (χ4n) is 0.977. The molecule has 0 aliphatic carbocycles. The summed E-state index contributed by atoms with van der Waals surface area (Å²) < 4.78 is 0. The van der Waals surface area contributed by atoms with E-state index in [1.807, 2.05) is 27.7 Å². The van der Waals surface area contributed by atoms with Crippen molar-refractivity contribution >= 4 is 0 Å². The number of hydrogen-bond acceptors (Lipinski definition) is 2. The maximum atomic E-state index is 9.37. The Morgan fingerprint density at radius 2 is 1.55 bits per heavy atom. The van der Waals surface area contributed by atoms with Gasteiger partial charge in [0.2, 0.25) is 0 Å². The zero-order valence-corrected chi connectivity index (χ0v) is 8.15. The molecule has 0 aliphatic rings. The second-order valence-electron chi connectivity index (χ2n) is 4.65. The first-order chi connectivity index (χ1) is 4.71. The first-order valence-corrected chi connectivity index (χ1v) is 4.22. The summed E-state index contributed by atoms with van der Waals surface area (Å²) in [5, 5.41) is 9.37. The van der Waals surface area contributed by atoms with Gasteiger partial charge in [-0.15, -0.1) is 0 Å². The van der Waals surface area contributed by atoms with Crippen LogP contribution in [0.2, 0.25) is 0 Å². The molecule has 0 aliphatic heterocycles. The monoisotopic (exact) mass is 159 g/mol. The predicted molar refractivity (Wildman–Crippen MR) is 48.4 cm³/mol. The van der Waals surface area contributed by atoms with Crippen LogP contribution in [0.4, 0.5) is 0 Å². The van der Waals surface area contributed by atoms with Crippen molar-refractivity contribution in [1.29, 1.82) is 0 Å². The van der Waals surface area contributed by atoms with Gasteiger partial charge in [-0.3, -0.25) is 0 Å². The summed E-state index contributed by atoms with van der Waals surface area (Å²) in [6.45, 7) is 7.68. The summed E-state index contributed by atoms with van der Waals surface area (Å²) in [7, 11) is 0. The lowest BCUT2D eigenvalue weighted by Crippen LogP contribution is -2.32. The number of rotatable bonds is 4. The summed E-state index contributed by atoms with van der Waals surface area (Å²) in [6.07, 6.45) is 2.79. The molecule has 0 spiro atoms. The van der Waals surface area contributed by atoms with Crippen LogP contribution in [-0.4, -0.2) is 16.2 Å². The molecular formula is C9H21NO. The molecular weight excluding hydrogens is 138 g/mol. The summed E-state index contributed by atoms with van der Waals surface area (Å²) in [4.78, 5) is 0. The molecule has 2 nitrogen and oxygen atoms in total. The van der Waals surface area contributed by atoms with E-state index < -0.39 is 5.60 Å². The van der Waals surface area contributed by atoms with Gasteiger partial charge in [-0.05, 0) is 47.0 Å². The topological polar surface area (TPSA) is 46.2 Å². The van der Waals surface area contributed by atoms with Gasteiger partial charge in [-0.25, -0.2) is 0 Å². The molecule has 68 valence electrons. The second-order valence-corrected chi connectivity index (χ2v) is 4.65. The van der Waals surface area contributed by atoms with E-state index in [1.165, 1.54) is 0 Å². The normalized spacial score (nSPS) is 13.6. The minimum Gasteiger partial charge on any atom is -0.390 e. The van der Waals surface area contributed by atoms with Gasteiger partial charge >= 0.3 is 0 Å². The minimum atomic E-state index is -0.536. The minimum absolute atomic E-state index is 0.0920. The second kappa shape index (κ2) is 3.55. The molecule has 0 unspecified atom stereocenters. The van der Waals surface area contributed by atoms with E-state index in [-0.39, 0.29) is 5.54 Å². The Morgan fingerprint density at radius 3 is 1.82 bits per heavy atom. The van der Waals surface area contributed by atoms with E-state index in [2.05, 4.69) is 0 Å². The molecule has 0 atom stereocenters. The number of nitrogens with two attached hydrogens (primary N) is 1. The summed E-state index contributed by atoms with van der Waals surface area (Å²) >= 11 is 0. The van der Waals surface area contributed by atoms with Crippen molar-refractivity contribution in [2.24, 2.45) is 5.73 Å². The third kappa shape index (κ3) is 9.92. The van der Waals surface area contributed by atoms with Crippen LogP contribution in [0.15, 0.2) is 0 Å². The van der Waals surface area contributed by atoms with Crippen LogP contribution >= 0.6 is 0 Å². The Balaban J connectivity index is 3.44. The lowest BCUT2D eigenvalue weighted by molar-refractivity contribution is 0.0667. The van der Waals surface area contributed by atoms with E-state index in [4.69, 9.17) is 5.73 Å². The van der Waals surface area contributed by atoms with E-state index in [0.717, 1.165) is 19.3 Å². The van der Waals surface area contributed by atoms with E-state index in [1.54, 1.807) is 0 Å². The standard InChI is InChI=1S/C9H21NO/c1-8(2,10)6-5-7-9(3,4)11/h11H,5-7,10H2,1-4H3. The highest BCUT2D eigenvalue weighted by Gasteiger charge is 2.15. The summed E-state index contributed by atoms with van der Waals surface area (Å²) in [5.41, 5.74) is 5.15. The van der Waals surface area contributed by atoms with Crippen molar-refractivity contribution in [3.05, 3.63) is 0 Å². The molecule has 3 N–H and O–H groups in total. The van der Waals surface area contributed by atoms with Crippen LogP contribution in [0.25, 0.3) is 0 Å². The smallest absolute Gasteiger partial charge is 0.0591 e. The fraction of sp³-hybridized carbons (Fsp3) is 1.00. The lowest BCUT2D eigenvalue weighted by atomic mass is 9.94. The highest BCUT2D eigenvalue weighted by Crippen LogP contribution is 2.16. The van der Waals surface area contributed by atoms with Gasteiger partial charge in [0, 0.05) is 5.54 Å². The van der Waals surface area contributed by atoms with Gasteiger partial charge in [0.25, 0.3) is 0 Å². The largest absolute Gasteiger partial charge is 0.390 e. The van der Waals surface area contributed by atoms with Gasteiger partial charge in [0.05, 0.1) is 5.60 Å². The molecule has 0 rings (SSSR count). The zero-order chi connectivity index (χ0) is 9.12. The van der Waals surface area contributed by atoms with E-state index in [0.29, 0.717) is 0 Å². The van der Waals surface area contributed by atoms with Gasteiger partial charge in [0.1, 0.15) is 0 Å². The molecule has 0 aromatic carbocycles. The molecule has 0 radical (unpaired) electrons. The van der Waals surface area contributed by atoms with Crippen LogP contribution in [0.1, 0.15) is 47.0 Å². The third-order valence-electron chi connectivity index (χ3n) is 1.61. The van der Waals surface area contributed by atoms with E-state index >= 15 is 0 Å². The molecule has 2 heteroatoms. The Hall–Kier alpha value is -0.0800. The molecule has 0 heterocycles. The Morgan fingerprint density at radius 1 is 1.09 bits per heavy atom. The van der Waals surface area contributed by atoms with Crippen molar-refractivity contribution in [2.75, 3.05) is 0 Å². The van der Waals surface area contributed by atoms with Crippen LogP contribution in [0.3, 0.4) is 0 Å². The Kier molecular flexibility index (Phi) is 3.52. The molecule has 0 saturated carbocycles. The van der Waals surface area contributed by atoms with Crippen molar-refractivity contribution in [1.82, 2.24) is 0 Å². The maximum Gasteiger partial charge on any atom is 0.0591 e. The first-order valence-electron chi connectivity index (χ1n) is 4.22. The summed E-state index contributed by atoms with van der Waals surface area (Å²) in [6, 6.07) is 0. The van der Waals surface area contributed by atoms with Gasteiger partial charge in [0.15, 0.2) is 0 Å². The van der Waals surface area contributed by atoms with Crippen molar-refractivity contribution < 1.29 is 5.11 Å². The van der Waals surface area contributed by atoms with Crippen LogP contribution in [0.5, 0.6) is 0 Å². The lowest BCUT2D eigenvalue weighted by Gasteiger charge is -2.21. The van der Waals surface area contributed by atoms with Crippen molar-refractivity contribution in [3.8, 4) is 0 Å². The first kappa shape index (κ1) is 10.9. The third-order valence-corrected chi connectivity index (χ3v) is 1.61. The summed E-state index contributed by atoms with van der Waals surface area (Å²) in [5.74, 6) is 0. The maximum absolute atomic E-state index is 9.37. The number of aliphatic hydroxyl groups is 1. The molecule has 11 heavy (non-hydrogen) atoms. The quantitative estimate of drug-likeness (QED) is 0.655. The average molecular weight is 159 g/mol. The molecule has 0 aromatic heterocycles. The van der Waals surface area contributed by atoms with Crippen molar-refractivity contribution in [2.45, 2.75) is 58.1 Å². The van der Waals surface area contributed by atoms with Crippen LogP contribution in [0, 0.1) is 0 Å². The highest BCUT2D eigenvalue weighted by atomic mass is 16.3. The molecule has 0 amide bonds.